The van der Waals surface area contributed by atoms with Crippen molar-refractivity contribution in [2.24, 2.45) is 50.0 Å². The summed E-state index contributed by atoms with van der Waals surface area (Å²) in [4.78, 5) is 48.3. The Morgan fingerprint density at radius 3 is 2.49 bits per heavy atom. The maximum Gasteiger partial charge on any atom is 0.160 e. The van der Waals surface area contributed by atoms with E-state index in [2.05, 4.69) is 35.5 Å². The number of aromatic hydroxyl groups is 2. The number of Topliss-reactive ketones (excluding diaryl/α,β-unsaturated/α-hetero) is 1. The normalized spacial score (nSPS) is 43.8. The number of rotatable bonds is 11. The van der Waals surface area contributed by atoms with Gasteiger partial charge in [-0.15, -0.1) is 0 Å². The minimum absolute atomic E-state index is 0.0368. The first-order valence-electron chi connectivity index (χ1n) is 19.3. The molecule has 0 spiro atoms. The van der Waals surface area contributed by atoms with Gasteiger partial charge in [0.2, 0.25) is 0 Å². The molecule has 2 aliphatic heterocycles. The average Bonchev–Trinajstić information content (AvgIpc) is 3.47. The number of nitrogens with zero attached hydrogens (tertiary/aromatic N) is 3. The number of ketones is 1. The number of carbonyl (C=O) groups is 1. The van der Waals surface area contributed by atoms with Gasteiger partial charge in [-0.1, -0.05) is 41.0 Å². The van der Waals surface area contributed by atoms with E-state index < -0.39 is 42.9 Å². The standard InChI is InChI=1S/C39H53N3O11/c1-20(44)36-28(27-15-23(45)5-7-32(27)46)16-30-26-6-4-21-12-24(8-10-38(21,2)29(26)9-11-39(30,36)3)51-35-17-31(41-48)37(42-49)33(53-35)19-50-34-14-22(40-47)13-25(18-43)52-34/h4-5,7,15,22,24-26,28-31,33-37,43,45-46H,6,8-14,16-19H2,1-3H3/t22?,24?,25?,26?,28?,29?,30?,31?,33?,34?,35?,36?,37-,38?,39?/m0/s1. The SMILES string of the molecule is CC(=O)C1C(c2cc(O)ccc2O)CC2C3CC=C4CC(OC5CC(N=O)[C@H](N=O)C(COC6CC(N=O)CC(CO)O6)O5)CCC4(C)C3CCC21C. The molecule has 3 saturated carbocycles. The fraction of sp³-hybridized carbons (Fsp3) is 0.769. The summed E-state index contributed by atoms with van der Waals surface area (Å²) in [6, 6.07) is 2.01. The van der Waals surface area contributed by atoms with Crippen LogP contribution in [0.15, 0.2) is 45.4 Å². The van der Waals surface area contributed by atoms with Gasteiger partial charge in [0.1, 0.15) is 35.5 Å². The maximum absolute atomic E-state index is 13.3. The molecule has 0 bridgehead atoms. The van der Waals surface area contributed by atoms with E-state index in [9.17, 15) is 34.8 Å². The fourth-order valence-electron chi connectivity index (χ4n) is 11.7. The summed E-state index contributed by atoms with van der Waals surface area (Å²) in [6.45, 7) is 5.88. The Balaban J connectivity index is 1.03. The molecule has 0 radical (unpaired) electrons. The minimum Gasteiger partial charge on any atom is -0.508 e. The first-order chi connectivity index (χ1) is 25.4. The van der Waals surface area contributed by atoms with Crippen molar-refractivity contribution in [3.63, 3.8) is 0 Å². The van der Waals surface area contributed by atoms with E-state index in [1.54, 1.807) is 13.0 Å². The third kappa shape index (κ3) is 6.98. The molecule has 7 rings (SSSR count). The van der Waals surface area contributed by atoms with Gasteiger partial charge >= 0.3 is 0 Å². The number of allylic oxidation sites excluding steroid dienone is 1. The van der Waals surface area contributed by atoms with Crippen molar-refractivity contribution < 1.29 is 39.1 Å². The number of hydrogen-bond donors (Lipinski definition) is 3. The van der Waals surface area contributed by atoms with E-state index in [1.807, 2.05) is 0 Å². The van der Waals surface area contributed by atoms with E-state index in [4.69, 9.17) is 18.9 Å². The second kappa shape index (κ2) is 15.2. The summed E-state index contributed by atoms with van der Waals surface area (Å²) in [6.07, 6.45) is 5.63. The van der Waals surface area contributed by atoms with Gasteiger partial charge in [-0.3, -0.25) is 4.79 Å². The number of nitroso groups, excluding NO2 is 3. The number of carbonyl (C=O) groups excluding carboxylic acids is 1. The van der Waals surface area contributed by atoms with Crippen molar-refractivity contribution in [3.05, 3.63) is 50.1 Å². The second-order valence-electron chi connectivity index (χ2n) is 17.0. The number of aliphatic hydroxyl groups is 1. The Kier molecular flexibility index (Phi) is 10.9. The lowest BCUT2D eigenvalue weighted by Crippen LogP contribution is -2.52. The van der Waals surface area contributed by atoms with Gasteiger partial charge in [-0.2, -0.15) is 14.7 Å². The van der Waals surface area contributed by atoms with Crippen LogP contribution in [0.5, 0.6) is 11.5 Å². The molecular formula is C39H53N3O11. The average molecular weight is 740 g/mol. The molecule has 53 heavy (non-hydrogen) atoms. The van der Waals surface area contributed by atoms with Crippen LogP contribution < -0.4 is 0 Å². The van der Waals surface area contributed by atoms with E-state index in [0.29, 0.717) is 29.7 Å². The van der Waals surface area contributed by atoms with Crippen molar-refractivity contribution in [1.29, 1.82) is 0 Å². The van der Waals surface area contributed by atoms with Gasteiger partial charge in [0.05, 0.1) is 31.5 Å². The zero-order valence-corrected chi connectivity index (χ0v) is 30.7. The van der Waals surface area contributed by atoms with Gasteiger partial charge in [-0.25, -0.2) is 0 Å². The van der Waals surface area contributed by atoms with Gasteiger partial charge in [-0.05, 0) is 105 Å². The molecule has 5 fully saturated rings. The van der Waals surface area contributed by atoms with Crippen LogP contribution in [-0.2, 0) is 23.7 Å². The highest BCUT2D eigenvalue weighted by molar-refractivity contribution is 5.81. The second-order valence-corrected chi connectivity index (χ2v) is 17.0. The highest BCUT2D eigenvalue weighted by Gasteiger charge is 2.62. The fourth-order valence-corrected chi connectivity index (χ4v) is 11.7. The molecule has 4 aliphatic carbocycles. The summed E-state index contributed by atoms with van der Waals surface area (Å²) in [7, 11) is 0. The van der Waals surface area contributed by atoms with Crippen LogP contribution in [0.3, 0.4) is 0 Å². The largest absolute Gasteiger partial charge is 0.508 e. The number of benzene rings is 1. The van der Waals surface area contributed by atoms with Crippen LogP contribution in [0.25, 0.3) is 0 Å². The van der Waals surface area contributed by atoms with Crippen LogP contribution in [0.2, 0.25) is 0 Å². The Morgan fingerprint density at radius 1 is 0.962 bits per heavy atom. The zero-order valence-electron chi connectivity index (χ0n) is 30.7. The van der Waals surface area contributed by atoms with E-state index in [-0.39, 0.29) is 78.5 Å². The molecule has 3 N–H and O–H groups in total. The predicted octanol–water partition coefficient (Wildman–Crippen LogP) is 6.38. The van der Waals surface area contributed by atoms with Crippen LogP contribution in [-0.4, -0.2) is 83.3 Å². The number of hydrogen-bond acceptors (Lipinski definition) is 14. The van der Waals surface area contributed by atoms with Crippen molar-refractivity contribution in [3.8, 4) is 11.5 Å². The Labute approximate surface area is 309 Å². The number of aliphatic hydroxyl groups excluding tert-OH is 1. The topological polar surface area (TPSA) is 203 Å². The third-order valence-electron chi connectivity index (χ3n) is 14.2. The Morgan fingerprint density at radius 2 is 1.77 bits per heavy atom. The molecule has 14 heteroatoms. The van der Waals surface area contributed by atoms with Crippen molar-refractivity contribution in [2.45, 2.75) is 140 Å². The van der Waals surface area contributed by atoms with Gasteiger partial charge in [0.15, 0.2) is 12.6 Å². The first kappa shape index (κ1) is 38.1. The lowest BCUT2D eigenvalue weighted by Gasteiger charge is -2.58. The minimum atomic E-state index is -1.08. The molecule has 14 unspecified atom stereocenters. The molecule has 6 aliphatic rings. The smallest absolute Gasteiger partial charge is 0.160 e. The predicted molar refractivity (Wildman–Crippen MR) is 192 cm³/mol. The summed E-state index contributed by atoms with van der Waals surface area (Å²) in [5.74, 6) is 1.08. The quantitative estimate of drug-likeness (QED) is 0.129. The monoisotopic (exact) mass is 739 g/mol. The highest BCUT2D eigenvalue weighted by atomic mass is 16.7. The van der Waals surface area contributed by atoms with Crippen molar-refractivity contribution in [2.75, 3.05) is 13.2 Å². The first-order valence-corrected chi connectivity index (χ1v) is 19.3. The molecule has 2 saturated heterocycles. The number of phenolic OH excluding ortho intramolecular Hbond substituents is 2. The molecule has 1 aromatic carbocycles. The summed E-state index contributed by atoms with van der Waals surface area (Å²) >= 11 is 0. The Hall–Kier alpha value is -3.17. The molecule has 15 atom stereocenters. The summed E-state index contributed by atoms with van der Waals surface area (Å²) in [5.41, 5.74) is 1.78. The molecule has 0 aromatic heterocycles. The lowest BCUT2D eigenvalue weighted by molar-refractivity contribution is -0.258. The summed E-state index contributed by atoms with van der Waals surface area (Å²) in [5, 5.41) is 40.2. The zero-order chi connectivity index (χ0) is 37.7. The molecule has 14 nitrogen and oxygen atoms in total. The van der Waals surface area contributed by atoms with Gasteiger partial charge < -0.3 is 34.3 Å². The van der Waals surface area contributed by atoms with Crippen LogP contribution >= 0.6 is 0 Å². The maximum atomic E-state index is 13.3. The number of phenols is 2. The lowest BCUT2D eigenvalue weighted by atomic mass is 9.47. The number of ether oxygens (including phenoxy) is 4. The number of fused-ring (bicyclic) bond motifs is 5. The highest BCUT2D eigenvalue weighted by Crippen LogP contribution is 2.69. The molecule has 290 valence electrons. The third-order valence-corrected chi connectivity index (χ3v) is 14.2. The summed E-state index contributed by atoms with van der Waals surface area (Å²) < 4.78 is 24.3. The van der Waals surface area contributed by atoms with Crippen LogP contribution in [0.1, 0.15) is 96.5 Å². The van der Waals surface area contributed by atoms with E-state index >= 15 is 0 Å². The van der Waals surface area contributed by atoms with Crippen molar-refractivity contribution in [1.82, 2.24) is 0 Å². The van der Waals surface area contributed by atoms with Gasteiger partial charge in [0.25, 0.3) is 0 Å². The van der Waals surface area contributed by atoms with Gasteiger partial charge in [0, 0.05) is 30.7 Å². The van der Waals surface area contributed by atoms with Crippen molar-refractivity contribution >= 4 is 5.78 Å². The van der Waals surface area contributed by atoms with E-state index in [1.165, 1.54) is 17.7 Å². The van der Waals surface area contributed by atoms with Crippen LogP contribution in [0.4, 0.5) is 0 Å². The molecular weight excluding hydrogens is 686 g/mol. The molecule has 1 aromatic rings. The van der Waals surface area contributed by atoms with Crippen LogP contribution in [0, 0.1) is 49.2 Å². The molecule has 2 heterocycles. The molecule has 0 amide bonds. The Bertz CT molecular complexity index is 1590. The van der Waals surface area contributed by atoms with E-state index in [0.717, 1.165) is 38.5 Å².